The number of hydrogen-bond acceptors (Lipinski definition) is 4. The fourth-order valence-electron chi connectivity index (χ4n) is 3.14. The Hall–Kier alpha value is -2.45. The predicted molar refractivity (Wildman–Crippen MR) is 107 cm³/mol. The van der Waals surface area contributed by atoms with Crippen LogP contribution in [0, 0.1) is 11.3 Å². The lowest BCUT2D eigenvalue weighted by molar-refractivity contribution is -0.118. The van der Waals surface area contributed by atoms with Gasteiger partial charge < -0.3 is 10.2 Å². The monoisotopic (exact) mass is 365 g/mol. The van der Waals surface area contributed by atoms with E-state index in [0.29, 0.717) is 17.9 Å². The number of nitrogens with zero attached hydrogens (tertiary/aromatic N) is 2. The lowest BCUT2D eigenvalue weighted by Gasteiger charge is -2.27. The van der Waals surface area contributed by atoms with Crippen molar-refractivity contribution in [3.8, 4) is 6.07 Å². The van der Waals surface area contributed by atoms with Gasteiger partial charge in [0.05, 0.1) is 17.4 Å². The largest absolute Gasteiger partial charge is 0.374 e. The summed E-state index contributed by atoms with van der Waals surface area (Å²) < 4.78 is 0. The van der Waals surface area contributed by atoms with E-state index < -0.39 is 0 Å². The van der Waals surface area contributed by atoms with Crippen molar-refractivity contribution in [2.75, 3.05) is 24.2 Å². The minimum absolute atomic E-state index is 0.0542. The summed E-state index contributed by atoms with van der Waals surface area (Å²) in [5, 5.41) is 11.8. The topological polar surface area (TPSA) is 56.1 Å². The molecule has 0 spiro atoms. The van der Waals surface area contributed by atoms with Gasteiger partial charge in [-0.05, 0) is 47.7 Å². The fourth-order valence-corrected chi connectivity index (χ4v) is 3.96. The summed E-state index contributed by atoms with van der Waals surface area (Å²) in [5.41, 5.74) is 5.63. The van der Waals surface area contributed by atoms with Crippen molar-refractivity contribution in [1.29, 1.82) is 5.26 Å². The zero-order chi connectivity index (χ0) is 18.4. The Bertz CT molecular complexity index is 811. The van der Waals surface area contributed by atoms with Crippen LogP contribution in [0.4, 0.5) is 5.69 Å². The molecule has 0 fully saturated rings. The molecule has 26 heavy (non-hydrogen) atoms. The van der Waals surface area contributed by atoms with Gasteiger partial charge in [0, 0.05) is 31.6 Å². The first-order valence-corrected chi connectivity index (χ1v) is 9.97. The molecule has 4 nitrogen and oxygen atoms in total. The van der Waals surface area contributed by atoms with E-state index in [-0.39, 0.29) is 5.91 Å². The lowest BCUT2D eigenvalue weighted by Crippen LogP contribution is -2.26. The summed E-state index contributed by atoms with van der Waals surface area (Å²) in [7, 11) is 2.13. The van der Waals surface area contributed by atoms with E-state index in [0.717, 1.165) is 29.8 Å². The van der Waals surface area contributed by atoms with Crippen LogP contribution < -0.4 is 10.2 Å². The van der Waals surface area contributed by atoms with Gasteiger partial charge in [0.15, 0.2) is 0 Å². The quantitative estimate of drug-likeness (QED) is 0.851. The number of rotatable bonds is 6. The Kier molecular flexibility index (Phi) is 6.19. The number of fused-ring (bicyclic) bond motifs is 1. The maximum Gasteiger partial charge on any atom is 0.230 e. The molecular formula is C21H23N3OS. The molecule has 0 atom stereocenters. The molecule has 5 heteroatoms. The van der Waals surface area contributed by atoms with Gasteiger partial charge in [-0.1, -0.05) is 24.3 Å². The van der Waals surface area contributed by atoms with E-state index >= 15 is 0 Å². The number of anilines is 1. The Morgan fingerprint density at radius 1 is 1.23 bits per heavy atom. The summed E-state index contributed by atoms with van der Waals surface area (Å²) in [6.45, 7) is 1.69. The van der Waals surface area contributed by atoms with Gasteiger partial charge in [-0.3, -0.25) is 4.79 Å². The number of aryl methyl sites for hydroxylation is 1. The van der Waals surface area contributed by atoms with E-state index in [1.54, 1.807) is 11.8 Å². The predicted octanol–water partition coefficient (Wildman–Crippen LogP) is 3.49. The normalized spacial score (nSPS) is 13.0. The molecule has 0 bridgehead atoms. The first-order chi connectivity index (χ1) is 12.7. The van der Waals surface area contributed by atoms with Gasteiger partial charge in [0.25, 0.3) is 0 Å². The van der Waals surface area contributed by atoms with E-state index in [1.165, 1.54) is 17.7 Å². The van der Waals surface area contributed by atoms with Crippen molar-refractivity contribution < 1.29 is 4.79 Å². The molecule has 1 aliphatic heterocycles. The number of amides is 1. The number of hydrogen-bond donors (Lipinski definition) is 1. The lowest BCUT2D eigenvalue weighted by atomic mass is 9.99. The van der Waals surface area contributed by atoms with Crippen LogP contribution in [0.25, 0.3) is 0 Å². The molecule has 2 aromatic carbocycles. The number of benzene rings is 2. The van der Waals surface area contributed by atoms with Crippen molar-refractivity contribution in [2.24, 2.45) is 0 Å². The minimum Gasteiger partial charge on any atom is -0.374 e. The average molecular weight is 366 g/mol. The standard InChI is InChI=1S/C21H23N3OS/c1-24-10-2-3-19-11-18(8-9-20(19)24)13-23-21(25)15-26-14-17-6-4-16(12-22)5-7-17/h4-9,11H,2-3,10,13-15H2,1H3,(H,23,25). The van der Waals surface area contributed by atoms with Crippen molar-refractivity contribution in [3.63, 3.8) is 0 Å². The van der Waals surface area contributed by atoms with Gasteiger partial charge in [-0.2, -0.15) is 5.26 Å². The molecule has 0 saturated heterocycles. The van der Waals surface area contributed by atoms with Crippen molar-refractivity contribution in [3.05, 3.63) is 64.7 Å². The Labute approximate surface area is 159 Å². The van der Waals surface area contributed by atoms with Gasteiger partial charge in [-0.15, -0.1) is 11.8 Å². The molecule has 0 saturated carbocycles. The molecular weight excluding hydrogens is 342 g/mol. The second kappa shape index (κ2) is 8.77. The molecule has 0 aliphatic carbocycles. The van der Waals surface area contributed by atoms with Crippen LogP contribution in [0.3, 0.4) is 0 Å². The van der Waals surface area contributed by atoms with Crippen molar-refractivity contribution in [2.45, 2.75) is 25.1 Å². The summed E-state index contributed by atoms with van der Waals surface area (Å²) in [6, 6.07) is 16.1. The minimum atomic E-state index is 0.0542. The van der Waals surface area contributed by atoms with E-state index in [9.17, 15) is 4.79 Å². The number of nitriles is 1. The Morgan fingerprint density at radius 2 is 2.00 bits per heavy atom. The fraction of sp³-hybridized carbons (Fsp3) is 0.333. The molecule has 0 radical (unpaired) electrons. The van der Waals surface area contributed by atoms with Gasteiger partial charge >= 0.3 is 0 Å². The number of thioether (sulfide) groups is 1. The molecule has 1 heterocycles. The summed E-state index contributed by atoms with van der Waals surface area (Å²) >= 11 is 1.58. The van der Waals surface area contributed by atoms with Crippen LogP contribution in [0.5, 0.6) is 0 Å². The summed E-state index contributed by atoms with van der Waals surface area (Å²) in [4.78, 5) is 14.4. The van der Waals surface area contributed by atoms with Gasteiger partial charge in [0.1, 0.15) is 0 Å². The first-order valence-electron chi connectivity index (χ1n) is 8.82. The Morgan fingerprint density at radius 3 is 2.77 bits per heavy atom. The summed E-state index contributed by atoms with van der Waals surface area (Å²) in [6.07, 6.45) is 2.30. The molecule has 0 unspecified atom stereocenters. The highest BCUT2D eigenvalue weighted by atomic mass is 32.2. The molecule has 1 amide bonds. The first kappa shape index (κ1) is 18.3. The number of nitrogens with one attached hydrogen (secondary N) is 1. The second-order valence-corrected chi connectivity index (χ2v) is 7.55. The van der Waals surface area contributed by atoms with Crippen molar-refractivity contribution in [1.82, 2.24) is 5.32 Å². The van der Waals surface area contributed by atoms with Crippen LogP contribution in [0.1, 0.15) is 28.7 Å². The maximum absolute atomic E-state index is 12.1. The molecule has 0 aromatic heterocycles. The van der Waals surface area contributed by atoms with E-state index in [2.05, 4.69) is 41.5 Å². The number of carbonyl (C=O) groups excluding carboxylic acids is 1. The number of carbonyl (C=O) groups is 1. The van der Waals surface area contributed by atoms with Crippen LogP contribution in [0.15, 0.2) is 42.5 Å². The van der Waals surface area contributed by atoms with Crippen LogP contribution in [-0.4, -0.2) is 25.3 Å². The maximum atomic E-state index is 12.1. The zero-order valence-electron chi connectivity index (χ0n) is 15.0. The third-order valence-electron chi connectivity index (χ3n) is 4.57. The van der Waals surface area contributed by atoms with Crippen LogP contribution in [0.2, 0.25) is 0 Å². The molecule has 3 rings (SSSR count). The highest BCUT2D eigenvalue weighted by Gasteiger charge is 2.13. The SMILES string of the molecule is CN1CCCc2cc(CNC(=O)CSCc3ccc(C#N)cc3)ccc21. The van der Waals surface area contributed by atoms with E-state index in [1.807, 2.05) is 24.3 Å². The molecule has 1 N–H and O–H groups in total. The highest BCUT2D eigenvalue weighted by molar-refractivity contribution is 7.99. The van der Waals surface area contributed by atoms with Gasteiger partial charge in [0.2, 0.25) is 5.91 Å². The highest BCUT2D eigenvalue weighted by Crippen LogP contribution is 2.26. The molecule has 134 valence electrons. The van der Waals surface area contributed by atoms with Gasteiger partial charge in [-0.25, -0.2) is 0 Å². The molecule has 2 aromatic rings. The van der Waals surface area contributed by atoms with Crippen LogP contribution >= 0.6 is 11.8 Å². The zero-order valence-corrected chi connectivity index (χ0v) is 15.8. The van der Waals surface area contributed by atoms with Crippen molar-refractivity contribution >= 4 is 23.4 Å². The second-order valence-electron chi connectivity index (χ2n) is 6.57. The third-order valence-corrected chi connectivity index (χ3v) is 5.57. The Balaban J connectivity index is 1.43. The van der Waals surface area contributed by atoms with Crippen LogP contribution in [-0.2, 0) is 23.5 Å². The smallest absolute Gasteiger partial charge is 0.230 e. The average Bonchev–Trinajstić information content (AvgIpc) is 2.67. The van der Waals surface area contributed by atoms with E-state index in [4.69, 9.17) is 5.26 Å². The summed E-state index contributed by atoms with van der Waals surface area (Å²) in [5.74, 6) is 1.26. The molecule has 1 aliphatic rings. The third kappa shape index (κ3) is 4.80.